The number of carbonyl (C=O) groups excluding carboxylic acids is 1. The first-order valence-corrected chi connectivity index (χ1v) is 13.7. The highest BCUT2D eigenvalue weighted by Crippen LogP contribution is 2.41. The molecule has 36 heavy (non-hydrogen) atoms. The zero-order valence-corrected chi connectivity index (χ0v) is 21.8. The second kappa shape index (κ2) is 9.38. The van der Waals surface area contributed by atoms with Crippen LogP contribution in [0.15, 0.2) is 36.8 Å². The van der Waals surface area contributed by atoms with Gasteiger partial charge >= 0.3 is 0 Å². The quantitative estimate of drug-likeness (QED) is 0.356. The van der Waals surface area contributed by atoms with E-state index in [1.165, 1.54) is 47.0 Å². The lowest BCUT2D eigenvalue weighted by Gasteiger charge is -2.34. The van der Waals surface area contributed by atoms with Gasteiger partial charge in [0.05, 0.1) is 5.69 Å². The number of nitrogens with zero attached hydrogens (tertiary/aromatic N) is 4. The summed E-state index contributed by atoms with van der Waals surface area (Å²) < 4.78 is 1.87. The molecule has 1 aliphatic carbocycles. The van der Waals surface area contributed by atoms with E-state index >= 15 is 0 Å². The number of aryl methyl sites for hydroxylation is 1. The third kappa shape index (κ3) is 4.10. The molecule has 2 fully saturated rings. The average molecular weight is 484 g/mol. The fourth-order valence-corrected chi connectivity index (χ4v) is 6.59. The van der Waals surface area contributed by atoms with Crippen molar-refractivity contribution in [1.29, 1.82) is 0 Å². The number of benzene rings is 1. The average Bonchev–Trinajstić information content (AvgIpc) is 3.53. The molecule has 1 aromatic carbocycles. The van der Waals surface area contributed by atoms with Crippen LogP contribution < -0.4 is 0 Å². The van der Waals surface area contributed by atoms with E-state index in [2.05, 4.69) is 71.2 Å². The summed E-state index contributed by atoms with van der Waals surface area (Å²) in [6, 6.07) is 9.19. The van der Waals surface area contributed by atoms with E-state index in [4.69, 9.17) is 0 Å². The Kier molecular flexibility index (Phi) is 6.06. The van der Waals surface area contributed by atoms with Crippen LogP contribution in [0.1, 0.15) is 87.3 Å². The van der Waals surface area contributed by atoms with Crippen molar-refractivity contribution in [1.82, 2.24) is 24.5 Å². The van der Waals surface area contributed by atoms with Crippen molar-refractivity contribution in [2.24, 2.45) is 5.92 Å². The van der Waals surface area contributed by atoms with Crippen molar-refractivity contribution in [2.45, 2.75) is 77.6 Å². The van der Waals surface area contributed by atoms with Gasteiger partial charge < -0.3 is 9.88 Å². The van der Waals surface area contributed by atoms with E-state index in [1.807, 2.05) is 4.52 Å². The van der Waals surface area contributed by atoms with Gasteiger partial charge in [-0.15, -0.1) is 0 Å². The predicted molar refractivity (Wildman–Crippen MR) is 144 cm³/mol. The van der Waals surface area contributed by atoms with Crippen LogP contribution in [-0.2, 0) is 4.79 Å². The van der Waals surface area contributed by atoms with Gasteiger partial charge in [0.15, 0.2) is 5.65 Å². The second-order valence-electron chi connectivity index (χ2n) is 11.2. The normalized spacial score (nSPS) is 21.1. The molecule has 6 heteroatoms. The van der Waals surface area contributed by atoms with Crippen LogP contribution in [-0.4, -0.2) is 43.5 Å². The largest absolute Gasteiger partial charge is 0.354 e. The minimum Gasteiger partial charge on any atom is -0.354 e. The smallest absolute Gasteiger partial charge is 0.225 e. The first-order chi connectivity index (χ1) is 17.5. The van der Waals surface area contributed by atoms with Crippen molar-refractivity contribution < 1.29 is 4.79 Å². The molecule has 0 spiro atoms. The third-order valence-corrected chi connectivity index (χ3v) is 8.50. The fourth-order valence-electron chi connectivity index (χ4n) is 6.59. The van der Waals surface area contributed by atoms with Gasteiger partial charge in [0.25, 0.3) is 0 Å². The number of aromatic nitrogens is 4. The Morgan fingerprint density at radius 3 is 2.58 bits per heavy atom. The first-order valence-electron chi connectivity index (χ1n) is 13.7. The van der Waals surface area contributed by atoms with Crippen molar-refractivity contribution >= 4 is 22.5 Å². The summed E-state index contributed by atoms with van der Waals surface area (Å²) >= 11 is 0. The number of nitrogens with one attached hydrogen (secondary N) is 1. The standard InChI is InChI=1S/C30H37N5O/c1-19(2)27-25-16-23(21-7-9-22(10-8-21)30(36)34-13-5-4-6-14-34)11-12-26(25)33-28(27)24-15-20(3)29-31-18-32-35(29)17-24/h11-12,15-19,21-22,33H,4-10,13-14H2,1-3H3. The summed E-state index contributed by atoms with van der Waals surface area (Å²) in [5.74, 6) is 1.56. The van der Waals surface area contributed by atoms with Crippen molar-refractivity contribution in [3.8, 4) is 11.3 Å². The molecule has 1 amide bonds. The molecular formula is C30H37N5O. The zero-order chi connectivity index (χ0) is 24.8. The highest BCUT2D eigenvalue weighted by molar-refractivity contribution is 5.92. The molecule has 1 N–H and O–H groups in total. The number of aromatic amines is 1. The van der Waals surface area contributed by atoms with E-state index < -0.39 is 0 Å². The Morgan fingerprint density at radius 1 is 1.06 bits per heavy atom. The Bertz CT molecular complexity index is 1400. The number of pyridine rings is 1. The monoisotopic (exact) mass is 483 g/mol. The Morgan fingerprint density at radius 2 is 1.83 bits per heavy atom. The Balaban J connectivity index is 1.27. The number of piperidine rings is 1. The van der Waals surface area contributed by atoms with Gasteiger partial charge in [-0.05, 0) is 98.6 Å². The van der Waals surface area contributed by atoms with Crippen LogP contribution in [0, 0.1) is 12.8 Å². The van der Waals surface area contributed by atoms with Crippen LogP contribution >= 0.6 is 0 Å². The number of carbonyl (C=O) groups is 1. The van der Waals surface area contributed by atoms with Gasteiger partial charge in [-0.2, -0.15) is 5.10 Å². The summed E-state index contributed by atoms with van der Waals surface area (Å²) in [5.41, 5.74) is 8.30. The van der Waals surface area contributed by atoms with E-state index in [0.29, 0.717) is 17.7 Å². The van der Waals surface area contributed by atoms with Crippen molar-refractivity contribution in [2.75, 3.05) is 13.1 Å². The van der Waals surface area contributed by atoms with Crippen molar-refractivity contribution in [3.63, 3.8) is 0 Å². The minimum atomic E-state index is 0.225. The SMILES string of the molecule is Cc1cc(-c2[nH]c3ccc(C4CCC(C(=O)N5CCCCC5)CC4)cc3c2C(C)C)cn2ncnc12. The number of H-pyrrole nitrogens is 1. The molecule has 0 atom stereocenters. The number of fused-ring (bicyclic) bond motifs is 2. The fraction of sp³-hybridized carbons (Fsp3) is 0.500. The molecule has 6 rings (SSSR count). The summed E-state index contributed by atoms with van der Waals surface area (Å²) in [4.78, 5) is 23.3. The molecule has 0 unspecified atom stereocenters. The molecule has 1 saturated heterocycles. The van der Waals surface area contributed by atoms with Crippen molar-refractivity contribution in [3.05, 3.63) is 53.5 Å². The van der Waals surface area contributed by atoms with E-state index in [0.717, 1.165) is 55.5 Å². The van der Waals surface area contributed by atoms with E-state index in [-0.39, 0.29) is 5.92 Å². The van der Waals surface area contributed by atoms with Crippen LogP contribution in [0.3, 0.4) is 0 Å². The highest BCUT2D eigenvalue weighted by Gasteiger charge is 2.31. The maximum Gasteiger partial charge on any atom is 0.225 e. The Hall–Kier alpha value is -3.15. The molecule has 188 valence electrons. The molecule has 2 aliphatic rings. The topological polar surface area (TPSA) is 66.3 Å². The van der Waals surface area contributed by atoms with E-state index in [9.17, 15) is 4.79 Å². The minimum absolute atomic E-state index is 0.225. The lowest BCUT2D eigenvalue weighted by Crippen LogP contribution is -2.40. The zero-order valence-electron chi connectivity index (χ0n) is 21.8. The summed E-state index contributed by atoms with van der Waals surface area (Å²) in [5, 5.41) is 5.70. The van der Waals surface area contributed by atoms with Gasteiger partial charge in [0, 0.05) is 41.7 Å². The maximum absolute atomic E-state index is 13.0. The molecule has 0 radical (unpaired) electrons. The molecular weight excluding hydrogens is 446 g/mol. The van der Waals surface area contributed by atoms with Gasteiger partial charge in [0.2, 0.25) is 5.91 Å². The molecule has 1 saturated carbocycles. The van der Waals surface area contributed by atoms with Gasteiger partial charge in [-0.25, -0.2) is 9.50 Å². The molecule has 1 aliphatic heterocycles. The second-order valence-corrected chi connectivity index (χ2v) is 11.2. The number of hydrogen-bond donors (Lipinski definition) is 1. The highest BCUT2D eigenvalue weighted by atomic mass is 16.2. The lowest BCUT2D eigenvalue weighted by molar-refractivity contribution is -0.137. The number of likely N-dealkylation sites (tertiary alicyclic amines) is 1. The first kappa shape index (κ1) is 23.3. The number of rotatable bonds is 4. The number of hydrogen-bond acceptors (Lipinski definition) is 3. The summed E-state index contributed by atoms with van der Waals surface area (Å²) in [6.07, 6.45) is 11.5. The number of amides is 1. The van der Waals surface area contributed by atoms with Crippen LogP contribution in [0.2, 0.25) is 0 Å². The molecule has 0 bridgehead atoms. The Labute approximate surface area is 213 Å². The molecule has 3 aromatic heterocycles. The molecule has 6 nitrogen and oxygen atoms in total. The maximum atomic E-state index is 13.0. The summed E-state index contributed by atoms with van der Waals surface area (Å²) in [7, 11) is 0. The van der Waals surface area contributed by atoms with E-state index in [1.54, 1.807) is 6.33 Å². The third-order valence-electron chi connectivity index (χ3n) is 8.50. The van der Waals surface area contributed by atoms with Gasteiger partial charge in [-0.3, -0.25) is 4.79 Å². The predicted octanol–water partition coefficient (Wildman–Crippen LogP) is 6.60. The van der Waals surface area contributed by atoms with Crippen LogP contribution in [0.5, 0.6) is 0 Å². The van der Waals surface area contributed by atoms with Gasteiger partial charge in [0.1, 0.15) is 6.33 Å². The van der Waals surface area contributed by atoms with Crippen LogP contribution in [0.4, 0.5) is 0 Å². The summed E-state index contributed by atoms with van der Waals surface area (Å²) in [6.45, 7) is 8.57. The molecule has 4 aromatic rings. The lowest BCUT2D eigenvalue weighted by atomic mass is 9.77. The van der Waals surface area contributed by atoms with Crippen LogP contribution in [0.25, 0.3) is 27.8 Å². The molecule has 4 heterocycles. The van der Waals surface area contributed by atoms with Gasteiger partial charge in [-0.1, -0.05) is 19.9 Å².